The number of amides is 1. The molecule has 1 saturated heterocycles. The van der Waals surface area contributed by atoms with Crippen molar-refractivity contribution in [1.29, 1.82) is 0 Å². The van der Waals surface area contributed by atoms with Crippen molar-refractivity contribution in [1.82, 2.24) is 4.90 Å². The highest BCUT2D eigenvalue weighted by Gasteiger charge is 2.23. The SMILES string of the molecule is CN1CCC[C@H](C(=O)Nc2ccc3ccccc3c2)C1. The molecule has 1 N–H and O–H groups in total. The van der Waals surface area contributed by atoms with E-state index in [2.05, 4.69) is 35.5 Å². The Bertz CT molecular complexity index is 623. The third-order valence-electron chi connectivity index (χ3n) is 4.01. The van der Waals surface area contributed by atoms with Crippen LogP contribution in [0.15, 0.2) is 42.5 Å². The lowest BCUT2D eigenvalue weighted by molar-refractivity contribution is -0.121. The second-order valence-electron chi connectivity index (χ2n) is 5.65. The molecule has 2 aromatic carbocycles. The molecule has 0 aromatic heterocycles. The van der Waals surface area contributed by atoms with Crippen molar-refractivity contribution in [2.24, 2.45) is 5.92 Å². The largest absolute Gasteiger partial charge is 0.326 e. The van der Waals surface area contributed by atoms with Gasteiger partial charge >= 0.3 is 0 Å². The molecule has 2 aromatic rings. The molecule has 0 unspecified atom stereocenters. The van der Waals surface area contributed by atoms with Gasteiger partial charge in [0.15, 0.2) is 0 Å². The number of hydrogen-bond donors (Lipinski definition) is 1. The van der Waals surface area contributed by atoms with Crippen LogP contribution in [0.2, 0.25) is 0 Å². The van der Waals surface area contributed by atoms with Gasteiger partial charge in [-0.3, -0.25) is 4.79 Å². The van der Waals surface area contributed by atoms with E-state index in [0.717, 1.165) is 37.0 Å². The fourth-order valence-corrected chi connectivity index (χ4v) is 2.89. The number of hydrogen-bond acceptors (Lipinski definition) is 2. The first-order valence-electron chi connectivity index (χ1n) is 7.20. The number of fused-ring (bicyclic) bond motifs is 1. The van der Waals surface area contributed by atoms with E-state index in [0.29, 0.717) is 0 Å². The molecule has 104 valence electrons. The first-order valence-corrected chi connectivity index (χ1v) is 7.20. The molecule has 1 atom stereocenters. The molecule has 3 heteroatoms. The van der Waals surface area contributed by atoms with Gasteiger partial charge in [-0.1, -0.05) is 30.3 Å². The zero-order chi connectivity index (χ0) is 13.9. The van der Waals surface area contributed by atoms with Gasteiger partial charge in [-0.2, -0.15) is 0 Å². The molecule has 1 aliphatic rings. The van der Waals surface area contributed by atoms with E-state index in [9.17, 15) is 4.79 Å². The summed E-state index contributed by atoms with van der Waals surface area (Å²) in [6.07, 6.45) is 2.09. The summed E-state index contributed by atoms with van der Waals surface area (Å²) in [5, 5.41) is 5.41. The Hall–Kier alpha value is -1.87. The molecule has 3 nitrogen and oxygen atoms in total. The van der Waals surface area contributed by atoms with Crippen LogP contribution in [0.1, 0.15) is 12.8 Å². The fourth-order valence-electron chi connectivity index (χ4n) is 2.89. The molecule has 20 heavy (non-hydrogen) atoms. The Kier molecular flexibility index (Phi) is 3.70. The first-order chi connectivity index (χ1) is 9.72. The molecule has 0 aliphatic carbocycles. The lowest BCUT2D eigenvalue weighted by Crippen LogP contribution is -2.38. The summed E-state index contributed by atoms with van der Waals surface area (Å²) in [5.74, 6) is 0.257. The first kappa shape index (κ1) is 13.1. The van der Waals surface area contributed by atoms with Crippen molar-refractivity contribution in [2.45, 2.75) is 12.8 Å². The summed E-state index contributed by atoms with van der Waals surface area (Å²) in [6, 6.07) is 14.3. The number of likely N-dealkylation sites (tertiary alicyclic amines) is 1. The maximum absolute atomic E-state index is 12.3. The monoisotopic (exact) mass is 268 g/mol. The van der Waals surface area contributed by atoms with Crippen molar-refractivity contribution < 1.29 is 4.79 Å². The third-order valence-corrected chi connectivity index (χ3v) is 4.01. The smallest absolute Gasteiger partial charge is 0.228 e. The van der Waals surface area contributed by atoms with Crippen molar-refractivity contribution in [3.05, 3.63) is 42.5 Å². The van der Waals surface area contributed by atoms with E-state index in [-0.39, 0.29) is 11.8 Å². The topological polar surface area (TPSA) is 32.3 Å². The van der Waals surface area contributed by atoms with Gasteiger partial charge < -0.3 is 10.2 Å². The molecule has 1 fully saturated rings. The van der Waals surface area contributed by atoms with Crippen molar-refractivity contribution in [3.8, 4) is 0 Å². The minimum atomic E-state index is 0.111. The van der Waals surface area contributed by atoms with Gasteiger partial charge in [0.2, 0.25) is 5.91 Å². The average Bonchev–Trinajstić information content (AvgIpc) is 2.47. The number of carbonyl (C=O) groups excluding carboxylic acids is 1. The second kappa shape index (κ2) is 5.63. The molecular weight excluding hydrogens is 248 g/mol. The van der Waals surface area contributed by atoms with Crippen molar-refractivity contribution >= 4 is 22.4 Å². The van der Waals surface area contributed by atoms with Gasteiger partial charge in [-0.15, -0.1) is 0 Å². The summed E-state index contributed by atoms with van der Waals surface area (Å²) >= 11 is 0. The van der Waals surface area contributed by atoms with Crippen LogP contribution in [-0.2, 0) is 4.79 Å². The van der Waals surface area contributed by atoms with E-state index in [1.165, 1.54) is 5.39 Å². The second-order valence-corrected chi connectivity index (χ2v) is 5.65. The molecule has 1 aliphatic heterocycles. The Morgan fingerprint density at radius 1 is 1.20 bits per heavy atom. The standard InChI is InChI=1S/C17H20N2O/c1-19-10-4-7-15(12-19)17(20)18-16-9-8-13-5-2-3-6-14(13)11-16/h2-3,5-6,8-9,11,15H,4,7,10,12H2,1H3,(H,18,20)/t15-/m0/s1. The summed E-state index contributed by atoms with van der Waals surface area (Å²) in [4.78, 5) is 14.5. The van der Waals surface area contributed by atoms with Gasteiger partial charge in [-0.25, -0.2) is 0 Å². The lowest BCUT2D eigenvalue weighted by atomic mass is 9.97. The molecule has 1 amide bonds. The zero-order valence-corrected chi connectivity index (χ0v) is 11.8. The van der Waals surface area contributed by atoms with Crippen LogP contribution < -0.4 is 5.32 Å². The molecule has 0 bridgehead atoms. The van der Waals surface area contributed by atoms with Gasteiger partial charge in [0.25, 0.3) is 0 Å². The van der Waals surface area contributed by atoms with E-state index in [4.69, 9.17) is 0 Å². The lowest BCUT2D eigenvalue weighted by Gasteiger charge is -2.28. The summed E-state index contributed by atoms with van der Waals surface area (Å²) in [6.45, 7) is 1.96. The highest BCUT2D eigenvalue weighted by molar-refractivity contribution is 5.95. The molecule has 0 spiro atoms. The predicted octanol–water partition coefficient (Wildman–Crippen LogP) is 3.12. The zero-order valence-electron chi connectivity index (χ0n) is 11.8. The molecule has 0 saturated carbocycles. The number of piperidine rings is 1. The van der Waals surface area contributed by atoms with Crippen LogP contribution in [0.5, 0.6) is 0 Å². The number of rotatable bonds is 2. The minimum absolute atomic E-state index is 0.111. The normalized spacial score (nSPS) is 19.9. The predicted molar refractivity (Wildman–Crippen MR) is 82.8 cm³/mol. The van der Waals surface area contributed by atoms with Crippen LogP contribution >= 0.6 is 0 Å². The Morgan fingerprint density at radius 3 is 2.80 bits per heavy atom. The maximum Gasteiger partial charge on any atom is 0.228 e. The van der Waals surface area contributed by atoms with E-state index < -0.39 is 0 Å². The van der Waals surface area contributed by atoms with Crippen molar-refractivity contribution in [3.63, 3.8) is 0 Å². The third kappa shape index (κ3) is 2.83. The average molecular weight is 268 g/mol. The van der Waals surface area contributed by atoms with Crippen LogP contribution in [0.4, 0.5) is 5.69 Å². The summed E-state index contributed by atoms with van der Waals surface area (Å²) in [5.41, 5.74) is 0.891. The van der Waals surface area contributed by atoms with Gasteiger partial charge in [0, 0.05) is 12.2 Å². The van der Waals surface area contributed by atoms with Crippen molar-refractivity contribution in [2.75, 3.05) is 25.5 Å². The highest BCUT2D eigenvalue weighted by Crippen LogP contribution is 2.21. The number of nitrogens with one attached hydrogen (secondary N) is 1. The van der Waals surface area contributed by atoms with E-state index in [1.54, 1.807) is 0 Å². The molecule has 1 heterocycles. The Morgan fingerprint density at radius 2 is 2.00 bits per heavy atom. The maximum atomic E-state index is 12.3. The van der Waals surface area contributed by atoms with Crippen LogP contribution in [0.25, 0.3) is 10.8 Å². The summed E-state index contributed by atoms with van der Waals surface area (Å²) in [7, 11) is 2.08. The number of nitrogens with zero attached hydrogens (tertiary/aromatic N) is 1. The molecule has 3 rings (SSSR count). The Balaban J connectivity index is 1.73. The van der Waals surface area contributed by atoms with E-state index in [1.807, 2.05) is 24.3 Å². The molecular formula is C17H20N2O. The fraction of sp³-hybridized carbons (Fsp3) is 0.353. The highest BCUT2D eigenvalue weighted by atomic mass is 16.1. The number of anilines is 1. The number of benzene rings is 2. The quantitative estimate of drug-likeness (QED) is 0.907. The van der Waals surface area contributed by atoms with Crippen LogP contribution in [0, 0.1) is 5.92 Å². The van der Waals surface area contributed by atoms with Crippen LogP contribution in [-0.4, -0.2) is 30.9 Å². The van der Waals surface area contributed by atoms with Gasteiger partial charge in [0.1, 0.15) is 0 Å². The Labute approximate surface area is 119 Å². The molecule has 0 radical (unpaired) electrons. The van der Waals surface area contributed by atoms with Gasteiger partial charge in [-0.05, 0) is 49.3 Å². The number of carbonyl (C=O) groups is 1. The minimum Gasteiger partial charge on any atom is -0.326 e. The van der Waals surface area contributed by atoms with Gasteiger partial charge in [0.05, 0.1) is 5.92 Å². The summed E-state index contributed by atoms with van der Waals surface area (Å²) < 4.78 is 0. The van der Waals surface area contributed by atoms with Crippen LogP contribution in [0.3, 0.4) is 0 Å². The van der Waals surface area contributed by atoms with E-state index >= 15 is 0 Å².